The maximum Gasteiger partial charge on any atom is 0.269 e. The molecule has 10 heteroatoms. The maximum absolute atomic E-state index is 13.2. The average Bonchev–Trinajstić information content (AvgIpc) is 3.17. The summed E-state index contributed by atoms with van der Waals surface area (Å²) in [5.41, 5.74) is 0.495. The summed E-state index contributed by atoms with van der Waals surface area (Å²) in [6.07, 6.45) is 3.78. The molecule has 1 saturated heterocycles. The number of benzene rings is 1. The number of hydrogen-bond acceptors (Lipinski definition) is 7. The first-order valence-corrected chi connectivity index (χ1v) is 12.5. The highest BCUT2D eigenvalue weighted by atomic mass is 32.2. The van der Waals surface area contributed by atoms with Crippen molar-refractivity contribution in [2.75, 3.05) is 11.5 Å². The first kappa shape index (κ1) is 23.2. The molecule has 1 N–H and O–H groups in total. The summed E-state index contributed by atoms with van der Waals surface area (Å²) in [7, 11) is -3.21. The van der Waals surface area contributed by atoms with Crippen LogP contribution in [0.1, 0.15) is 24.5 Å². The Morgan fingerprint density at radius 3 is 2.71 bits per heavy atom. The topological polar surface area (TPSA) is 131 Å². The van der Waals surface area contributed by atoms with Crippen LogP contribution in [-0.2, 0) is 21.1 Å². The molecule has 34 heavy (non-hydrogen) atoms. The Labute approximate surface area is 196 Å². The van der Waals surface area contributed by atoms with E-state index < -0.39 is 27.3 Å². The summed E-state index contributed by atoms with van der Waals surface area (Å²) in [5, 5.41) is 12.2. The molecule has 0 aliphatic carbocycles. The normalized spacial score (nSPS) is 17.3. The number of sulfone groups is 1. The minimum absolute atomic E-state index is 0.0195. The molecule has 0 unspecified atom stereocenters. The number of amides is 1. The quantitative estimate of drug-likeness (QED) is 0.425. The van der Waals surface area contributed by atoms with E-state index in [4.69, 9.17) is 4.74 Å². The van der Waals surface area contributed by atoms with E-state index in [-0.39, 0.29) is 34.9 Å². The highest BCUT2D eigenvalue weighted by Gasteiger charge is 2.29. The van der Waals surface area contributed by atoms with E-state index in [2.05, 4.69) is 10.3 Å². The van der Waals surface area contributed by atoms with Gasteiger partial charge in [0, 0.05) is 12.2 Å². The Hall–Kier alpha value is -3.97. The molecular formula is C24H22N4O5S. The monoisotopic (exact) mass is 478 g/mol. The van der Waals surface area contributed by atoms with Crippen molar-refractivity contribution in [2.24, 2.45) is 0 Å². The number of pyridine rings is 1. The zero-order valence-corrected chi connectivity index (χ0v) is 19.2. The van der Waals surface area contributed by atoms with Gasteiger partial charge in [-0.05, 0) is 48.7 Å². The van der Waals surface area contributed by atoms with Gasteiger partial charge in [-0.1, -0.05) is 25.1 Å². The molecule has 3 heterocycles. The van der Waals surface area contributed by atoms with Crippen molar-refractivity contribution >= 4 is 27.5 Å². The first-order chi connectivity index (χ1) is 16.3. The minimum atomic E-state index is -3.21. The molecule has 1 amide bonds. The van der Waals surface area contributed by atoms with E-state index in [0.29, 0.717) is 11.4 Å². The Morgan fingerprint density at radius 1 is 1.29 bits per heavy atom. The Bertz CT molecular complexity index is 1480. The first-order valence-electron chi connectivity index (χ1n) is 10.7. The number of hydrogen-bond donors (Lipinski definition) is 1. The molecule has 2 aromatic heterocycles. The lowest BCUT2D eigenvalue weighted by molar-refractivity contribution is -0.117. The third-order valence-corrected chi connectivity index (χ3v) is 7.27. The molecule has 0 bridgehead atoms. The van der Waals surface area contributed by atoms with Crippen molar-refractivity contribution in [3.8, 4) is 17.7 Å². The molecular weight excluding hydrogens is 456 g/mol. The molecule has 1 aromatic carbocycles. The molecule has 0 radical (unpaired) electrons. The van der Waals surface area contributed by atoms with Crippen molar-refractivity contribution in [1.29, 1.82) is 5.26 Å². The van der Waals surface area contributed by atoms with Crippen LogP contribution in [0.15, 0.2) is 59.0 Å². The summed E-state index contributed by atoms with van der Waals surface area (Å²) in [4.78, 5) is 30.3. The highest BCUT2D eigenvalue weighted by molar-refractivity contribution is 7.91. The number of rotatable bonds is 6. The van der Waals surface area contributed by atoms with Crippen LogP contribution in [0, 0.1) is 11.3 Å². The zero-order valence-electron chi connectivity index (χ0n) is 18.4. The second-order valence-corrected chi connectivity index (χ2v) is 10.1. The predicted octanol–water partition coefficient (Wildman–Crippen LogP) is 2.26. The number of carbonyl (C=O) groups excluding carboxylic acids is 1. The number of aromatic nitrogens is 2. The summed E-state index contributed by atoms with van der Waals surface area (Å²) in [5.74, 6) is -0.573. The lowest BCUT2D eigenvalue weighted by Crippen LogP contribution is -2.36. The SMILES string of the molecule is CCc1ccc(Oc2nc3ccccn3c(=O)c2/C=C(\C#N)C(=O)N[C@@H]2CCS(=O)(=O)C2)cc1. The number of carbonyl (C=O) groups is 1. The summed E-state index contributed by atoms with van der Waals surface area (Å²) < 4.78 is 30.5. The number of aryl methyl sites for hydroxylation is 1. The van der Waals surface area contributed by atoms with Crippen LogP contribution in [0.3, 0.4) is 0 Å². The van der Waals surface area contributed by atoms with E-state index in [1.165, 1.54) is 10.6 Å². The van der Waals surface area contributed by atoms with Crippen LogP contribution >= 0.6 is 0 Å². The van der Waals surface area contributed by atoms with E-state index >= 15 is 0 Å². The number of nitrogens with zero attached hydrogens (tertiary/aromatic N) is 3. The zero-order chi connectivity index (χ0) is 24.3. The molecule has 0 spiro atoms. The van der Waals surface area contributed by atoms with Gasteiger partial charge in [0.15, 0.2) is 9.84 Å². The van der Waals surface area contributed by atoms with Gasteiger partial charge >= 0.3 is 0 Å². The third kappa shape index (κ3) is 5.00. The lowest BCUT2D eigenvalue weighted by Gasteiger charge is -2.12. The van der Waals surface area contributed by atoms with E-state index in [1.54, 1.807) is 36.4 Å². The van der Waals surface area contributed by atoms with Crippen molar-refractivity contribution in [3.63, 3.8) is 0 Å². The fourth-order valence-corrected chi connectivity index (χ4v) is 5.33. The van der Waals surface area contributed by atoms with Gasteiger partial charge in [0.2, 0.25) is 5.88 Å². The lowest BCUT2D eigenvalue weighted by atomic mass is 10.1. The molecule has 1 aliphatic heterocycles. The van der Waals surface area contributed by atoms with Crippen molar-refractivity contribution in [3.05, 3.63) is 75.7 Å². The molecule has 1 aliphatic rings. The number of ether oxygens (including phenoxy) is 1. The second-order valence-electron chi connectivity index (χ2n) is 7.91. The molecule has 9 nitrogen and oxygen atoms in total. The predicted molar refractivity (Wildman–Crippen MR) is 126 cm³/mol. The van der Waals surface area contributed by atoms with Crippen molar-refractivity contribution in [2.45, 2.75) is 25.8 Å². The standard InChI is InChI=1S/C24H22N4O5S/c1-2-16-6-8-19(9-7-16)33-23-20(24(30)28-11-4-3-5-21(28)27-23)13-17(14-25)22(29)26-18-10-12-34(31,32)15-18/h3-9,11,13,18H,2,10,12,15H2,1H3,(H,26,29)/b17-13+/t18-/m1/s1. The van der Waals surface area contributed by atoms with Crippen molar-refractivity contribution < 1.29 is 17.9 Å². The van der Waals surface area contributed by atoms with Gasteiger partial charge in [-0.25, -0.2) is 8.42 Å². The van der Waals surface area contributed by atoms with Crippen LogP contribution in [0.5, 0.6) is 11.6 Å². The largest absolute Gasteiger partial charge is 0.438 e. The van der Waals surface area contributed by atoms with Crippen molar-refractivity contribution in [1.82, 2.24) is 14.7 Å². The van der Waals surface area contributed by atoms with Gasteiger partial charge in [0.05, 0.1) is 11.5 Å². The van der Waals surface area contributed by atoms with Gasteiger partial charge in [-0.2, -0.15) is 10.2 Å². The van der Waals surface area contributed by atoms with Gasteiger partial charge in [0.1, 0.15) is 28.6 Å². The van der Waals surface area contributed by atoms with Crippen LogP contribution in [0.25, 0.3) is 11.7 Å². The minimum Gasteiger partial charge on any atom is -0.438 e. The Balaban J connectivity index is 1.74. The molecule has 3 aromatic rings. The average molecular weight is 479 g/mol. The van der Waals surface area contributed by atoms with Crippen LogP contribution in [0.4, 0.5) is 0 Å². The number of nitrogens with one attached hydrogen (secondary N) is 1. The van der Waals surface area contributed by atoms with E-state index in [0.717, 1.165) is 18.1 Å². The van der Waals surface area contributed by atoms with Crippen LogP contribution in [0.2, 0.25) is 0 Å². The van der Waals surface area contributed by atoms with Gasteiger partial charge in [0.25, 0.3) is 11.5 Å². The van der Waals surface area contributed by atoms with Gasteiger partial charge in [-0.3, -0.25) is 14.0 Å². The summed E-state index contributed by atoms with van der Waals surface area (Å²) in [6.45, 7) is 2.03. The Kier molecular flexibility index (Phi) is 6.47. The molecule has 4 rings (SSSR count). The van der Waals surface area contributed by atoms with Gasteiger partial charge in [-0.15, -0.1) is 0 Å². The third-order valence-electron chi connectivity index (χ3n) is 5.50. The molecule has 174 valence electrons. The fourth-order valence-electron chi connectivity index (χ4n) is 3.65. The van der Waals surface area contributed by atoms with E-state index in [1.807, 2.05) is 19.1 Å². The molecule has 1 fully saturated rings. The smallest absolute Gasteiger partial charge is 0.269 e. The van der Waals surface area contributed by atoms with Crippen LogP contribution < -0.4 is 15.6 Å². The van der Waals surface area contributed by atoms with Crippen LogP contribution in [-0.4, -0.2) is 41.3 Å². The Morgan fingerprint density at radius 2 is 2.06 bits per heavy atom. The summed E-state index contributed by atoms with van der Waals surface area (Å²) in [6, 6.07) is 13.5. The summed E-state index contributed by atoms with van der Waals surface area (Å²) >= 11 is 0. The molecule has 0 saturated carbocycles. The molecule has 1 atom stereocenters. The maximum atomic E-state index is 13.2. The second kappa shape index (κ2) is 9.49. The number of fused-ring (bicyclic) bond motifs is 1. The highest BCUT2D eigenvalue weighted by Crippen LogP contribution is 2.24. The van der Waals surface area contributed by atoms with E-state index in [9.17, 15) is 23.3 Å². The van der Waals surface area contributed by atoms with Gasteiger partial charge < -0.3 is 10.1 Å². The number of nitriles is 1. The fraction of sp³-hybridized carbons (Fsp3) is 0.250.